The minimum atomic E-state index is -0.359. The summed E-state index contributed by atoms with van der Waals surface area (Å²) in [7, 11) is 0. The molecule has 144 valence electrons. The second-order valence-electron chi connectivity index (χ2n) is 6.47. The molecule has 0 aliphatic carbocycles. The van der Waals surface area contributed by atoms with Crippen molar-refractivity contribution in [2.75, 3.05) is 0 Å². The lowest BCUT2D eigenvalue weighted by Gasteiger charge is -2.33. The van der Waals surface area contributed by atoms with Crippen LogP contribution < -0.4 is 15.9 Å². The van der Waals surface area contributed by atoms with Crippen molar-refractivity contribution in [2.45, 2.75) is 11.9 Å². The third-order valence-corrected chi connectivity index (χ3v) is 6.83. The Labute approximate surface area is 180 Å². The number of amidine groups is 1. The molecule has 2 aromatic carbocycles. The maximum atomic E-state index is 13.0. The van der Waals surface area contributed by atoms with Gasteiger partial charge < -0.3 is 0 Å². The number of rotatable bonds is 3. The number of nitrogens with one attached hydrogen (secondary N) is 1. The number of nitrogens with zero attached hydrogens (tertiary/aromatic N) is 3. The van der Waals surface area contributed by atoms with Gasteiger partial charge in [-0.1, -0.05) is 65.8 Å². The summed E-state index contributed by atoms with van der Waals surface area (Å²) >= 11 is 9.31. The standard InChI is InChI=1S/C21H15ClN4OS2/c22-15-8-3-1-6-13(15)12-29-21-24-20(27)18-14-7-2-4-9-16(14)23-19(26(18)25-21)17-10-5-11-28-17/h1-11,19H,12H2,(H,24,25,27)/t19-/m0/s1. The molecule has 0 radical (unpaired) electrons. The Hall–Kier alpha value is -2.61. The molecule has 5 nitrogen and oxygen atoms in total. The van der Waals surface area contributed by atoms with Crippen LogP contribution in [0.15, 0.2) is 76.1 Å². The minimum absolute atomic E-state index is 0.175. The van der Waals surface area contributed by atoms with Gasteiger partial charge in [-0.05, 0) is 29.1 Å². The smallest absolute Gasteiger partial charge is 0.276 e. The molecule has 0 saturated carbocycles. The molecule has 2 aliphatic heterocycles. The van der Waals surface area contributed by atoms with Gasteiger partial charge >= 0.3 is 0 Å². The molecule has 1 atom stereocenters. The lowest BCUT2D eigenvalue weighted by Crippen LogP contribution is -2.50. The van der Waals surface area contributed by atoms with Gasteiger partial charge in [-0.3, -0.25) is 15.1 Å². The van der Waals surface area contributed by atoms with Crippen LogP contribution in [-0.2, 0) is 10.5 Å². The van der Waals surface area contributed by atoms with Gasteiger partial charge in [0.1, 0.15) is 5.70 Å². The zero-order valence-corrected chi connectivity index (χ0v) is 17.5. The molecule has 0 saturated heterocycles. The summed E-state index contributed by atoms with van der Waals surface area (Å²) < 4.78 is 0. The lowest BCUT2D eigenvalue weighted by molar-refractivity contribution is -0.116. The monoisotopic (exact) mass is 438 g/mol. The largest absolute Gasteiger partial charge is 0.298 e. The normalized spacial score (nSPS) is 17.8. The fourth-order valence-corrected chi connectivity index (χ4v) is 5.16. The van der Waals surface area contributed by atoms with Gasteiger partial charge in [-0.2, -0.15) is 0 Å². The molecule has 1 aromatic heterocycles. The van der Waals surface area contributed by atoms with Crippen molar-refractivity contribution in [1.29, 1.82) is 0 Å². The van der Waals surface area contributed by atoms with E-state index in [0.717, 1.165) is 21.0 Å². The van der Waals surface area contributed by atoms with Gasteiger partial charge in [0, 0.05) is 16.0 Å². The molecule has 0 spiro atoms. The quantitative estimate of drug-likeness (QED) is 0.681. The van der Waals surface area contributed by atoms with Gasteiger partial charge in [0.2, 0.25) is 0 Å². The molecule has 5 rings (SSSR count). The number of hydrogen-bond donors (Lipinski definition) is 1. The molecule has 0 unspecified atom stereocenters. The highest BCUT2D eigenvalue weighted by Gasteiger charge is 2.34. The second-order valence-corrected chi connectivity index (χ2v) is 8.82. The van der Waals surface area contributed by atoms with Crippen molar-refractivity contribution in [3.63, 3.8) is 0 Å². The van der Waals surface area contributed by atoms with Crippen molar-refractivity contribution in [2.24, 2.45) is 10.1 Å². The van der Waals surface area contributed by atoms with Crippen LogP contribution in [0.3, 0.4) is 0 Å². The Balaban J connectivity index is 1.55. The maximum Gasteiger partial charge on any atom is 0.276 e. The first kappa shape index (κ1) is 18.4. The van der Waals surface area contributed by atoms with E-state index < -0.39 is 0 Å². The topological polar surface area (TPSA) is 57.1 Å². The van der Waals surface area contributed by atoms with Gasteiger partial charge in [-0.25, -0.2) is 5.01 Å². The van der Waals surface area contributed by atoms with Gasteiger partial charge in [0.15, 0.2) is 11.3 Å². The van der Waals surface area contributed by atoms with Gasteiger partial charge in [0.05, 0.1) is 10.2 Å². The molecular formula is C21H15ClN4OS2. The highest BCUT2D eigenvalue weighted by atomic mass is 35.5. The molecular weight excluding hydrogens is 424 g/mol. The maximum absolute atomic E-state index is 13.0. The van der Waals surface area contributed by atoms with E-state index in [0.29, 0.717) is 21.6 Å². The number of hydrazone groups is 1. The Morgan fingerprint density at radius 1 is 1.10 bits per heavy atom. The lowest BCUT2D eigenvalue weighted by atomic mass is 10.1. The van der Waals surface area contributed by atoms with E-state index in [4.69, 9.17) is 21.7 Å². The molecule has 29 heavy (non-hydrogen) atoms. The van der Waals surface area contributed by atoms with Crippen LogP contribution in [-0.4, -0.2) is 16.1 Å². The highest BCUT2D eigenvalue weighted by molar-refractivity contribution is 8.13. The molecule has 2 aliphatic rings. The van der Waals surface area contributed by atoms with Crippen molar-refractivity contribution in [3.8, 4) is 0 Å². The zero-order chi connectivity index (χ0) is 19.8. The van der Waals surface area contributed by atoms with E-state index in [1.165, 1.54) is 11.8 Å². The predicted octanol–water partition coefficient (Wildman–Crippen LogP) is 3.48. The number of thioether (sulfide) groups is 1. The summed E-state index contributed by atoms with van der Waals surface area (Å²) in [6, 6.07) is 19.3. The van der Waals surface area contributed by atoms with E-state index >= 15 is 0 Å². The second kappa shape index (κ2) is 7.67. The Bertz CT molecular complexity index is 1240. The number of hydrogen-bond acceptors (Lipinski definition) is 6. The summed E-state index contributed by atoms with van der Waals surface area (Å²) in [5, 5.41) is 14.2. The molecule has 8 heteroatoms. The number of thiophene rings is 1. The SMILES string of the molecule is O=C1NC(SCc2ccccc2Cl)=NN2C1=c1ccccc1=N[C@@H]2c1cccs1. The van der Waals surface area contributed by atoms with Gasteiger partial charge in [-0.15, -0.1) is 16.4 Å². The number of amides is 1. The van der Waals surface area contributed by atoms with E-state index in [1.807, 2.05) is 66.0 Å². The zero-order valence-electron chi connectivity index (χ0n) is 15.1. The van der Waals surface area contributed by atoms with E-state index in [2.05, 4.69) is 5.32 Å². The van der Waals surface area contributed by atoms with Crippen molar-refractivity contribution in [1.82, 2.24) is 10.3 Å². The molecule has 0 bridgehead atoms. The average Bonchev–Trinajstić information content (AvgIpc) is 3.27. The fraction of sp³-hybridized carbons (Fsp3) is 0.0952. The molecule has 3 aromatic rings. The average molecular weight is 439 g/mol. The number of halogens is 1. The number of carbonyl (C=O) groups is 1. The Morgan fingerprint density at radius 3 is 2.76 bits per heavy atom. The number of fused-ring (bicyclic) bond motifs is 2. The van der Waals surface area contributed by atoms with Crippen molar-refractivity contribution < 1.29 is 4.79 Å². The summed E-state index contributed by atoms with van der Waals surface area (Å²) in [5.74, 6) is 0.435. The van der Waals surface area contributed by atoms with Crippen LogP contribution in [0.2, 0.25) is 5.02 Å². The first-order valence-electron chi connectivity index (χ1n) is 8.97. The van der Waals surface area contributed by atoms with Crippen LogP contribution in [0.5, 0.6) is 0 Å². The molecule has 1 N–H and O–H groups in total. The van der Waals surface area contributed by atoms with Crippen LogP contribution in [0.4, 0.5) is 0 Å². The van der Waals surface area contributed by atoms with Crippen LogP contribution in [0, 0.1) is 0 Å². The molecule has 1 amide bonds. The fourth-order valence-electron chi connectivity index (χ4n) is 3.28. The summed E-state index contributed by atoms with van der Waals surface area (Å²) in [4.78, 5) is 19.0. The third-order valence-electron chi connectivity index (χ3n) is 4.64. The number of carbonyl (C=O) groups excluding carboxylic acids is 1. The first-order valence-corrected chi connectivity index (χ1v) is 11.2. The van der Waals surface area contributed by atoms with Crippen LogP contribution in [0.1, 0.15) is 16.6 Å². The molecule has 3 heterocycles. The Morgan fingerprint density at radius 2 is 1.93 bits per heavy atom. The van der Waals surface area contributed by atoms with Crippen molar-refractivity contribution >= 4 is 51.5 Å². The molecule has 0 fully saturated rings. The van der Waals surface area contributed by atoms with Crippen molar-refractivity contribution in [3.05, 3.63) is 92.1 Å². The highest BCUT2D eigenvalue weighted by Crippen LogP contribution is 2.33. The Kier molecular flexibility index (Phi) is 4.87. The minimum Gasteiger partial charge on any atom is -0.298 e. The first-order chi connectivity index (χ1) is 14.2. The third kappa shape index (κ3) is 3.46. The summed E-state index contributed by atoms with van der Waals surface area (Å²) in [5.41, 5.74) is 1.52. The van der Waals surface area contributed by atoms with E-state index in [1.54, 1.807) is 16.3 Å². The van der Waals surface area contributed by atoms with E-state index in [-0.39, 0.29) is 12.1 Å². The van der Waals surface area contributed by atoms with Gasteiger partial charge in [0.25, 0.3) is 5.91 Å². The number of benzene rings is 2. The van der Waals surface area contributed by atoms with Crippen LogP contribution in [0.25, 0.3) is 5.70 Å². The van der Waals surface area contributed by atoms with E-state index in [9.17, 15) is 4.79 Å². The summed E-state index contributed by atoms with van der Waals surface area (Å²) in [6.07, 6.45) is -0.359. The summed E-state index contributed by atoms with van der Waals surface area (Å²) in [6.45, 7) is 0. The van der Waals surface area contributed by atoms with Crippen LogP contribution >= 0.6 is 34.7 Å². The predicted molar refractivity (Wildman–Crippen MR) is 118 cm³/mol. The number of para-hydroxylation sites is 1.